The van der Waals surface area contributed by atoms with Gasteiger partial charge in [-0.15, -0.1) is 0 Å². The quantitative estimate of drug-likeness (QED) is 0.810. The van der Waals surface area contributed by atoms with Crippen LogP contribution in [0, 0.1) is 0 Å². The molecule has 0 heterocycles. The fourth-order valence-corrected chi connectivity index (χ4v) is 2.93. The first kappa shape index (κ1) is 16.3. The van der Waals surface area contributed by atoms with Crippen LogP contribution in [-0.2, 0) is 4.79 Å². The van der Waals surface area contributed by atoms with Gasteiger partial charge in [-0.2, -0.15) is 0 Å². The van der Waals surface area contributed by atoms with Crippen molar-refractivity contribution in [3.8, 4) is 11.5 Å². The van der Waals surface area contributed by atoms with Crippen LogP contribution in [0.15, 0.2) is 53.6 Å². The van der Waals surface area contributed by atoms with E-state index in [9.17, 15) is 9.90 Å². The summed E-state index contributed by atoms with van der Waals surface area (Å²) in [7, 11) is 1.50. The van der Waals surface area contributed by atoms with Crippen LogP contribution in [0.3, 0.4) is 0 Å². The SMILES string of the molecule is COc1cc(/C=C2\CC/C(=C\c3ccccc3Cl)C2=O)ccc1O. The minimum atomic E-state index is 0.0435. The van der Waals surface area contributed by atoms with Gasteiger partial charge in [-0.3, -0.25) is 4.79 Å². The lowest BCUT2D eigenvalue weighted by Crippen LogP contribution is -1.96. The monoisotopic (exact) mass is 340 g/mol. The predicted molar refractivity (Wildman–Crippen MR) is 96.3 cm³/mol. The molecule has 1 fully saturated rings. The summed E-state index contributed by atoms with van der Waals surface area (Å²) >= 11 is 6.16. The van der Waals surface area contributed by atoms with Gasteiger partial charge >= 0.3 is 0 Å². The van der Waals surface area contributed by atoms with E-state index in [0.717, 1.165) is 22.3 Å². The third-order valence-corrected chi connectivity index (χ3v) is 4.37. The van der Waals surface area contributed by atoms with Gasteiger partial charge in [0.15, 0.2) is 17.3 Å². The van der Waals surface area contributed by atoms with Crippen molar-refractivity contribution in [2.45, 2.75) is 12.8 Å². The Balaban J connectivity index is 1.87. The molecule has 0 spiro atoms. The van der Waals surface area contributed by atoms with Gasteiger partial charge in [0.2, 0.25) is 0 Å². The molecule has 3 rings (SSSR count). The number of halogens is 1. The minimum Gasteiger partial charge on any atom is -0.504 e. The molecule has 0 bridgehead atoms. The molecule has 0 radical (unpaired) electrons. The molecular formula is C20H17ClO3. The molecular weight excluding hydrogens is 324 g/mol. The molecule has 1 saturated carbocycles. The number of aromatic hydroxyl groups is 1. The average Bonchev–Trinajstić information content (AvgIpc) is 2.92. The number of methoxy groups -OCH3 is 1. The largest absolute Gasteiger partial charge is 0.504 e. The van der Waals surface area contributed by atoms with Gasteiger partial charge in [0.05, 0.1) is 7.11 Å². The molecule has 1 aliphatic rings. The number of allylic oxidation sites excluding steroid dienone is 2. The summed E-state index contributed by atoms with van der Waals surface area (Å²) in [4.78, 5) is 12.6. The highest BCUT2D eigenvalue weighted by Gasteiger charge is 2.23. The summed E-state index contributed by atoms with van der Waals surface area (Å²) in [6, 6.07) is 12.5. The number of ether oxygens (including phenoxy) is 1. The Bertz CT molecular complexity index is 850. The van der Waals surface area contributed by atoms with E-state index in [0.29, 0.717) is 23.6 Å². The van der Waals surface area contributed by atoms with E-state index in [1.165, 1.54) is 7.11 Å². The first-order chi connectivity index (χ1) is 11.6. The molecule has 1 N–H and O–H groups in total. The Morgan fingerprint density at radius 3 is 2.50 bits per heavy atom. The fourth-order valence-electron chi connectivity index (χ4n) is 2.74. The van der Waals surface area contributed by atoms with Crippen LogP contribution in [0.2, 0.25) is 5.02 Å². The molecule has 2 aromatic carbocycles. The van der Waals surface area contributed by atoms with Crippen molar-refractivity contribution in [2.75, 3.05) is 7.11 Å². The van der Waals surface area contributed by atoms with Crippen molar-refractivity contribution in [3.05, 3.63) is 69.8 Å². The Kier molecular flexibility index (Phi) is 4.72. The third kappa shape index (κ3) is 3.36. The first-order valence-electron chi connectivity index (χ1n) is 7.66. The highest BCUT2D eigenvalue weighted by molar-refractivity contribution is 6.32. The maximum Gasteiger partial charge on any atom is 0.185 e. The number of phenols is 1. The number of phenolic OH excluding ortho intramolecular Hbond substituents is 1. The molecule has 0 amide bonds. The number of carbonyl (C=O) groups excluding carboxylic acids is 1. The van der Waals surface area contributed by atoms with Gasteiger partial charge in [-0.1, -0.05) is 35.9 Å². The van der Waals surface area contributed by atoms with Gasteiger partial charge < -0.3 is 9.84 Å². The Morgan fingerprint density at radius 2 is 1.79 bits per heavy atom. The van der Waals surface area contributed by atoms with Crippen molar-refractivity contribution in [3.63, 3.8) is 0 Å². The maximum atomic E-state index is 12.6. The molecule has 0 atom stereocenters. The van der Waals surface area contributed by atoms with Crippen molar-refractivity contribution in [1.29, 1.82) is 0 Å². The lowest BCUT2D eigenvalue weighted by molar-refractivity contribution is -0.111. The van der Waals surface area contributed by atoms with Crippen LogP contribution in [0.1, 0.15) is 24.0 Å². The van der Waals surface area contributed by atoms with Gasteiger partial charge in [-0.25, -0.2) is 0 Å². The summed E-state index contributed by atoms with van der Waals surface area (Å²) in [6.45, 7) is 0. The molecule has 122 valence electrons. The van der Waals surface area contributed by atoms with Crippen LogP contribution < -0.4 is 4.74 Å². The molecule has 2 aromatic rings. The topological polar surface area (TPSA) is 46.5 Å². The standard InChI is InChI=1S/C20H17ClO3/c1-24-19-11-13(6-9-18(19)22)10-15-7-8-16(20(15)23)12-14-4-2-3-5-17(14)21/h2-6,9-12,22H,7-8H2,1H3/b15-10+,16-12+. The van der Waals surface area contributed by atoms with Gasteiger partial charge in [0.1, 0.15) is 0 Å². The number of carbonyl (C=O) groups is 1. The van der Waals surface area contributed by atoms with Crippen molar-refractivity contribution >= 4 is 29.5 Å². The molecule has 0 unspecified atom stereocenters. The number of ketones is 1. The summed E-state index contributed by atoms with van der Waals surface area (Å²) in [5.41, 5.74) is 3.20. The van der Waals surface area contributed by atoms with E-state index in [2.05, 4.69) is 0 Å². The van der Waals surface area contributed by atoms with Crippen LogP contribution >= 0.6 is 11.6 Å². The zero-order valence-corrected chi connectivity index (χ0v) is 14.0. The number of hydrogen-bond acceptors (Lipinski definition) is 3. The second-order valence-corrected chi connectivity index (χ2v) is 6.03. The zero-order chi connectivity index (χ0) is 17.1. The van der Waals surface area contributed by atoms with E-state index in [-0.39, 0.29) is 11.5 Å². The molecule has 24 heavy (non-hydrogen) atoms. The Hall–Kier alpha value is -2.52. The van der Waals surface area contributed by atoms with Crippen molar-refractivity contribution in [2.24, 2.45) is 0 Å². The second-order valence-electron chi connectivity index (χ2n) is 5.62. The van der Waals surface area contributed by atoms with Crippen LogP contribution in [0.4, 0.5) is 0 Å². The number of Topliss-reactive ketones (excluding diaryl/α,β-unsaturated/α-hetero) is 1. The molecule has 1 aliphatic carbocycles. The third-order valence-electron chi connectivity index (χ3n) is 4.03. The molecule has 3 nitrogen and oxygen atoms in total. The van der Waals surface area contributed by atoms with E-state index < -0.39 is 0 Å². The number of benzene rings is 2. The predicted octanol–water partition coefficient (Wildman–Crippen LogP) is 4.88. The Morgan fingerprint density at radius 1 is 1.08 bits per heavy atom. The normalized spacial score (nSPS) is 17.7. The van der Waals surface area contributed by atoms with Gasteiger partial charge in [-0.05, 0) is 54.3 Å². The van der Waals surface area contributed by atoms with E-state index >= 15 is 0 Å². The molecule has 0 saturated heterocycles. The smallest absolute Gasteiger partial charge is 0.185 e. The number of hydrogen-bond donors (Lipinski definition) is 1. The fraction of sp³-hybridized carbons (Fsp3) is 0.150. The molecule has 0 aliphatic heterocycles. The summed E-state index contributed by atoms with van der Waals surface area (Å²) in [5.74, 6) is 0.514. The molecule has 0 aromatic heterocycles. The zero-order valence-electron chi connectivity index (χ0n) is 13.3. The Labute approximate surface area is 145 Å². The first-order valence-corrected chi connectivity index (χ1v) is 8.03. The maximum absolute atomic E-state index is 12.6. The second kappa shape index (κ2) is 6.93. The summed E-state index contributed by atoms with van der Waals surface area (Å²) < 4.78 is 5.10. The van der Waals surface area contributed by atoms with Crippen molar-refractivity contribution < 1.29 is 14.6 Å². The summed E-state index contributed by atoms with van der Waals surface area (Å²) in [5, 5.41) is 10.3. The van der Waals surface area contributed by atoms with Crippen LogP contribution in [0.25, 0.3) is 12.2 Å². The lowest BCUT2D eigenvalue weighted by atomic mass is 10.1. The molecule has 4 heteroatoms. The lowest BCUT2D eigenvalue weighted by Gasteiger charge is -2.04. The summed E-state index contributed by atoms with van der Waals surface area (Å²) in [6.07, 6.45) is 5.10. The highest BCUT2D eigenvalue weighted by Crippen LogP contribution is 2.32. The minimum absolute atomic E-state index is 0.0435. The van der Waals surface area contributed by atoms with E-state index in [1.54, 1.807) is 18.2 Å². The highest BCUT2D eigenvalue weighted by atomic mass is 35.5. The van der Waals surface area contributed by atoms with Gasteiger partial charge in [0, 0.05) is 16.2 Å². The van der Waals surface area contributed by atoms with E-state index in [4.69, 9.17) is 16.3 Å². The van der Waals surface area contributed by atoms with Crippen LogP contribution in [-0.4, -0.2) is 18.0 Å². The van der Waals surface area contributed by atoms with Gasteiger partial charge in [0.25, 0.3) is 0 Å². The average molecular weight is 341 g/mol. The van der Waals surface area contributed by atoms with Crippen molar-refractivity contribution in [1.82, 2.24) is 0 Å². The van der Waals surface area contributed by atoms with Crippen LogP contribution in [0.5, 0.6) is 11.5 Å². The van der Waals surface area contributed by atoms with E-state index in [1.807, 2.05) is 36.4 Å². The number of rotatable bonds is 3.